The summed E-state index contributed by atoms with van der Waals surface area (Å²) in [5.74, 6) is 0. The molecule has 0 saturated carbocycles. The smallest absolute Gasteiger partial charge is 0.0163 e. The van der Waals surface area contributed by atoms with Gasteiger partial charge in [0, 0.05) is 26.2 Å². The molecule has 0 fully saturated rings. The summed E-state index contributed by atoms with van der Waals surface area (Å²) in [5.41, 5.74) is 0. The highest BCUT2D eigenvalue weighted by atomic mass is 15.1. The van der Waals surface area contributed by atoms with Crippen LogP contribution in [0.2, 0.25) is 0 Å². The molecule has 0 rings (SSSR count). The lowest BCUT2D eigenvalue weighted by molar-refractivity contribution is 0.321. The van der Waals surface area contributed by atoms with Gasteiger partial charge < -0.3 is 0 Å². The van der Waals surface area contributed by atoms with Crippen LogP contribution in [0.15, 0.2) is 50.6 Å². The van der Waals surface area contributed by atoms with Crippen molar-refractivity contribution in [2.75, 3.05) is 39.3 Å². The lowest BCUT2D eigenvalue weighted by Gasteiger charge is -2.18. The summed E-state index contributed by atoms with van der Waals surface area (Å²) in [6.45, 7) is 21.5. The number of hydrogen-bond acceptors (Lipinski definition) is 2. The van der Waals surface area contributed by atoms with Gasteiger partial charge in [0.25, 0.3) is 0 Å². The average Bonchev–Trinajstić information content (AvgIpc) is 2.57. The molecule has 0 radical (unpaired) electrons. The Hall–Kier alpha value is -1.12. The lowest BCUT2D eigenvalue weighted by atomic mass is 10.1. The Morgan fingerprint density at radius 2 is 0.667 bits per heavy atom. The molecule has 0 N–H and O–H groups in total. The van der Waals surface area contributed by atoms with E-state index < -0.39 is 0 Å². The summed E-state index contributed by atoms with van der Waals surface area (Å²) in [5, 5.41) is 0. The molecule has 138 valence electrons. The van der Waals surface area contributed by atoms with Crippen molar-refractivity contribution in [1.29, 1.82) is 0 Å². The molecular weight excluding hydrogens is 292 g/mol. The molecule has 0 amide bonds. The third-order valence-corrected chi connectivity index (χ3v) is 4.25. The van der Waals surface area contributed by atoms with Crippen LogP contribution in [0.3, 0.4) is 0 Å². The zero-order valence-electron chi connectivity index (χ0n) is 15.9. The molecule has 24 heavy (non-hydrogen) atoms. The molecule has 0 spiro atoms. The third kappa shape index (κ3) is 14.5. The van der Waals surface area contributed by atoms with Gasteiger partial charge in [-0.25, -0.2) is 0 Å². The van der Waals surface area contributed by atoms with E-state index in [2.05, 4.69) is 36.1 Å². The van der Waals surface area contributed by atoms with Crippen molar-refractivity contribution in [3.63, 3.8) is 0 Å². The predicted octanol–water partition coefficient (Wildman–Crippen LogP) is 5.46. The van der Waals surface area contributed by atoms with Gasteiger partial charge >= 0.3 is 0 Å². The van der Waals surface area contributed by atoms with Crippen LogP contribution in [-0.4, -0.2) is 49.1 Å². The highest BCUT2D eigenvalue weighted by molar-refractivity contribution is 4.80. The minimum absolute atomic E-state index is 0.973. The fourth-order valence-electron chi connectivity index (χ4n) is 2.98. The predicted molar refractivity (Wildman–Crippen MR) is 111 cm³/mol. The van der Waals surface area contributed by atoms with E-state index in [4.69, 9.17) is 0 Å². The van der Waals surface area contributed by atoms with E-state index in [-0.39, 0.29) is 0 Å². The Bertz CT molecular complexity index is 270. The fourth-order valence-corrected chi connectivity index (χ4v) is 2.98. The van der Waals surface area contributed by atoms with Crippen molar-refractivity contribution in [3.8, 4) is 0 Å². The van der Waals surface area contributed by atoms with Gasteiger partial charge in [0.05, 0.1) is 0 Å². The molecule has 0 aromatic carbocycles. The molecule has 0 aromatic rings. The average molecular weight is 333 g/mol. The number of rotatable bonds is 19. The first-order valence-electron chi connectivity index (χ1n) is 9.66. The first kappa shape index (κ1) is 22.9. The monoisotopic (exact) mass is 332 g/mol. The third-order valence-electron chi connectivity index (χ3n) is 4.25. The standard InChI is InChI=1S/C22H40N2/c1-5-17-23(18-6-2)21-15-13-11-9-10-12-14-16-22-24(19-7-3)20-8-4/h5-8H,1-4,9-22H2. The second-order valence-electron chi connectivity index (χ2n) is 6.50. The van der Waals surface area contributed by atoms with Crippen LogP contribution in [0, 0.1) is 0 Å². The maximum absolute atomic E-state index is 3.82. The first-order valence-corrected chi connectivity index (χ1v) is 9.66. The molecule has 0 aliphatic carbocycles. The summed E-state index contributed by atoms with van der Waals surface area (Å²) in [7, 11) is 0. The van der Waals surface area contributed by atoms with E-state index >= 15 is 0 Å². The van der Waals surface area contributed by atoms with Crippen LogP contribution in [0.1, 0.15) is 51.4 Å². The normalized spacial score (nSPS) is 10.9. The van der Waals surface area contributed by atoms with Gasteiger partial charge in [-0.3, -0.25) is 9.80 Å². The van der Waals surface area contributed by atoms with Gasteiger partial charge in [0.2, 0.25) is 0 Å². The summed E-state index contributed by atoms with van der Waals surface area (Å²) >= 11 is 0. The van der Waals surface area contributed by atoms with Crippen LogP contribution < -0.4 is 0 Å². The molecule has 0 aliphatic rings. The SMILES string of the molecule is C=CCN(CC=C)CCCCCCCCCCN(CC=C)CC=C. The lowest BCUT2D eigenvalue weighted by Crippen LogP contribution is -2.25. The van der Waals surface area contributed by atoms with E-state index in [1.807, 2.05) is 24.3 Å². The van der Waals surface area contributed by atoms with Gasteiger partial charge in [0.1, 0.15) is 0 Å². The van der Waals surface area contributed by atoms with E-state index in [1.54, 1.807) is 0 Å². The highest BCUT2D eigenvalue weighted by Crippen LogP contribution is 2.10. The molecule has 0 saturated heterocycles. The molecule has 0 bridgehead atoms. The Labute approximate surface area is 151 Å². The van der Waals surface area contributed by atoms with Gasteiger partial charge in [0.15, 0.2) is 0 Å². The van der Waals surface area contributed by atoms with E-state index in [0.29, 0.717) is 0 Å². The van der Waals surface area contributed by atoms with Crippen molar-refractivity contribution in [3.05, 3.63) is 50.6 Å². The minimum Gasteiger partial charge on any atom is -0.296 e. The molecule has 0 heterocycles. The Kier molecular flexibility index (Phi) is 17.4. The molecule has 0 aromatic heterocycles. The summed E-state index contributed by atoms with van der Waals surface area (Å²) in [6, 6.07) is 0. The second-order valence-corrected chi connectivity index (χ2v) is 6.50. The molecule has 2 heteroatoms. The zero-order chi connectivity index (χ0) is 17.9. The molecule has 2 nitrogen and oxygen atoms in total. The van der Waals surface area contributed by atoms with E-state index in [0.717, 1.165) is 26.2 Å². The Balaban J connectivity index is 3.43. The Morgan fingerprint density at radius 3 is 0.917 bits per heavy atom. The van der Waals surface area contributed by atoms with Crippen LogP contribution in [0.5, 0.6) is 0 Å². The molecule has 0 aliphatic heterocycles. The van der Waals surface area contributed by atoms with Crippen LogP contribution in [-0.2, 0) is 0 Å². The van der Waals surface area contributed by atoms with Crippen molar-refractivity contribution in [2.24, 2.45) is 0 Å². The van der Waals surface area contributed by atoms with Crippen molar-refractivity contribution >= 4 is 0 Å². The number of nitrogens with zero attached hydrogens (tertiary/aromatic N) is 2. The van der Waals surface area contributed by atoms with Crippen molar-refractivity contribution < 1.29 is 0 Å². The van der Waals surface area contributed by atoms with Crippen LogP contribution in [0.4, 0.5) is 0 Å². The largest absolute Gasteiger partial charge is 0.296 e. The van der Waals surface area contributed by atoms with Gasteiger partial charge in [-0.1, -0.05) is 62.8 Å². The fraction of sp³-hybridized carbons (Fsp3) is 0.636. The summed E-state index contributed by atoms with van der Waals surface area (Å²) < 4.78 is 0. The summed E-state index contributed by atoms with van der Waals surface area (Å²) in [4.78, 5) is 4.80. The van der Waals surface area contributed by atoms with Crippen molar-refractivity contribution in [2.45, 2.75) is 51.4 Å². The molecule has 0 atom stereocenters. The first-order chi connectivity index (χ1) is 11.8. The zero-order valence-corrected chi connectivity index (χ0v) is 15.9. The summed E-state index contributed by atoms with van der Waals surface area (Å²) in [6.07, 6.45) is 18.7. The topological polar surface area (TPSA) is 6.48 Å². The maximum atomic E-state index is 3.82. The molecular formula is C22H40N2. The highest BCUT2D eigenvalue weighted by Gasteiger charge is 2.01. The quantitative estimate of drug-likeness (QED) is 0.229. The van der Waals surface area contributed by atoms with Crippen molar-refractivity contribution in [1.82, 2.24) is 9.80 Å². The number of hydrogen-bond donors (Lipinski definition) is 0. The van der Waals surface area contributed by atoms with Gasteiger partial charge in [-0.2, -0.15) is 0 Å². The van der Waals surface area contributed by atoms with E-state index in [1.165, 1.54) is 64.5 Å². The second kappa shape index (κ2) is 18.2. The van der Waals surface area contributed by atoms with Gasteiger partial charge in [-0.05, 0) is 25.9 Å². The molecule has 0 unspecified atom stereocenters. The minimum atomic E-state index is 0.973. The number of unbranched alkanes of at least 4 members (excludes halogenated alkanes) is 7. The van der Waals surface area contributed by atoms with Gasteiger partial charge in [-0.15, -0.1) is 26.3 Å². The van der Waals surface area contributed by atoms with E-state index in [9.17, 15) is 0 Å². The Morgan fingerprint density at radius 1 is 0.417 bits per heavy atom. The maximum Gasteiger partial charge on any atom is 0.0163 e. The van der Waals surface area contributed by atoms with Crippen LogP contribution >= 0.6 is 0 Å². The van der Waals surface area contributed by atoms with Crippen LogP contribution in [0.25, 0.3) is 0 Å².